The molecule has 1 amide bonds. The smallest absolute Gasteiger partial charge is 0.339 e. The Bertz CT molecular complexity index is 513. The van der Waals surface area contributed by atoms with E-state index in [4.69, 9.17) is 9.84 Å². The Morgan fingerprint density at radius 2 is 2.16 bits per heavy atom. The third-order valence-electron chi connectivity index (χ3n) is 3.03. The molecule has 1 fully saturated rings. The highest BCUT2D eigenvalue weighted by Gasteiger charge is 2.30. The highest BCUT2D eigenvalue weighted by molar-refractivity contribution is 5.91. The normalized spacial score (nSPS) is 14.0. The fourth-order valence-electron chi connectivity index (χ4n) is 1.73. The number of amides is 1. The van der Waals surface area contributed by atoms with Crippen LogP contribution < -0.4 is 4.74 Å². The molecule has 0 spiro atoms. The van der Waals surface area contributed by atoms with Gasteiger partial charge in [0.2, 0.25) is 0 Å². The summed E-state index contributed by atoms with van der Waals surface area (Å²) < 4.78 is 18.6. The first-order valence-corrected chi connectivity index (χ1v) is 5.91. The summed E-state index contributed by atoms with van der Waals surface area (Å²) in [5.74, 6) is -2.77. The van der Waals surface area contributed by atoms with Crippen molar-refractivity contribution in [3.63, 3.8) is 0 Å². The molecule has 1 aromatic rings. The predicted octanol–water partition coefficient (Wildman–Crippen LogP) is 1.52. The Kier molecular flexibility index (Phi) is 3.69. The van der Waals surface area contributed by atoms with Crippen LogP contribution >= 0.6 is 0 Å². The van der Waals surface area contributed by atoms with Gasteiger partial charge in [0, 0.05) is 13.1 Å². The number of hydrogen-bond acceptors (Lipinski definition) is 3. The van der Waals surface area contributed by atoms with Crippen molar-refractivity contribution in [1.82, 2.24) is 4.90 Å². The Morgan fingerprint density at radius 1 is 1.47 bits per heavy atom. The Hall–Kier alpha value is -2.11. The van der Waals surface area contributed by atoms with Crippen molar-refractivity contribution in [3.05, 3.63) is 29.6 Å². The highest BCUT2D eigenvalue weighted by atomic mass is 19.1. The van der Waals surface area contributed by atoms with Gasteiger partial charge in [-0.05, 0) is 25.0 Å². The first kappa shape index (κ1) is 13.3. The molecule has 0 atom stereocenters. The minimum atomic E-state index is -1.29. The van der Waals surface area contributed by atoms with Crippen LogP contribution in [0.25, 0.3) is 0 Å². The minimum absolute atomic E-state index is 0.232. The van der Waals surface area contributed by atoms with Crippen molar-refractivity contribution in [1.29, 1.82) is 0 Å². The van der Waals surface area contributed by atoms with Crippen molar-refractivity contribution in [2.24, 2.45) is 0 Å². The molecule has 1 aliphatic rings. The molecule has 19 heavy (non-hydrogen) atoms. The van der Waals surface area contributed by atoms with Gasteiger partial charge in [0.1, 0.15) is 5.56 Å². The maximum atomic E-state index is 13.5. The molecule has 102 valence electrons. The zero-order chi connectivity index (χ0) is 14.0. The van der Waals surface area contributed by atoms with Crippen LogP contribution in [0.5, 0.6) is 5.75 Å². The summed E-state index contributed by atoms with van der Waals surface area (Å²) in [6.07, 6.45) is 1.92. The molecule has 0 aromatic heterocycles. The number of ether oxygens (including phenoxy) is 1. The van der Waals surface area contributed by atoms with Gasteiger partial charge in [-0.25, -0.2) is 9.18 Å². The largest absolute Gasteiger partial charge is 0.480 e. The molecule has 5 nitrogen and oxygen atoms in total. The summed E-state index contributed by atoms with van der Waals surface area (Å²) in [7, 11) is 1.66. The maximum absolute atomic E-state index is 13.5. The number of aromatic carboxylic acids is 1. The third kappa shape index (κ3) is 3.01. The van der Waals surface area contributed by atoms with E-state index < -0.39 is 17.5 Å². The predicted molar refractivity (Wildman–Crippen MR) is 64.6 cm³/mol. The summed E-state index contributed by atoms with van der Waals surface area (Å²) in [5.41, 5.74) is -0.290. The topological polar surface area (TPSA) is 66.8 Å². The van der Waals surface area contributed by atoms with E-state index in [1.807, 2.05) is 0 Å². The van der Waals surface area contributed by atoms with Gasteiger partial charge in [-0.1, -0.05) is 6.07 Å². The lowest BCUT2D eigenvalue weighted by Crippen LogP contribution is -2.33. The molecule has 0 saturated heterocycles. The van der Waals surface area contributed by atoms with Crippen molar-refractivity contribution >= 4 is 11.9 Å². The van der Waals surface area contributed by atoms with E-state index >= 15 is 0 Å². The second-order valence-corrected chi connectivity index (χ2v) is 4.45. The van der Waals surface area contributed by atoms with Crippen molar-refractivity contribution < 1.29 is 23.8 Å². The molecule has 0 bridgehead atoms. The summed E-state index contributed by atoms with van der Waals surface area (Å²) >= 11 is 0. The molecule has 0 heterocycles. The molecule has 0 unspecified atom stereocenters. The lowest BCUT2D eigenvalue weighted by molar-refractivity contribution is -0.132. The minimum Gasteiger partial charge on any atom is -0.480 e. The number of para-hydroxylation sites is 1. The zero-order valence-electron chi connectivity index (χ0n) is 10.4. The summed E-state index contributed by atoms with van der Waals surface area (Å²) in [6, 6.07) is 3.84. The van der Waals surface area contributed by atoms with Crippen LogP contribution in [0.4, 0.5) is 4.39 Å². The number of rotatable bonds is 5. The number of carbonyl (C=O) groups is 2. The number of carbonyl (C=O) groups excluding carboxylic acids is 1. The van der Waals surface area contributed by atoms with E-state index in [0.717, 1.165) is 18.9 Å². The zero-order valence-corrected chi connectivity index (χ0v) is 10.4. The van der Waals surface area contributed by atoms with E-state index in [2.05, 4.69) is 0 Å². The van der Waals surface area contributed by atoms with Gasteiger partial charge in [-0.3, -0.25) is 4.79 Å². The Balaban J connectivity index is 2.06. The summed E-state index contributed by atoms with van der Waals surface area (Å²) in [5, 5.41) is 8.92. The van der Waals surface area contributed by atoms with E-state index in [-0.39, 0.29) is 24.1 Å². The number of hydrogen-bond donors (Lipinski definition) is 1. The molecule has 1 N–H and O–H groups in total. The SMILES string of the molecule is CN(C(=O)COc1c(F)cccc1C(=O)O)C1CC1. The monoisotopic (exact) mass is 267 g/mol. The standard InChI is InChI=1S/C13H14FNO4/c1-15(8-5-6-8)11(16)7-19-12-9(13(17)18)3-2-4-10(12)14/h2-4,8H,5-7H2,1H3,(H,17,18). The van der Waals surface area contributed by atoms with Gasteiger partial charge in [0.05, 0.1) is 0 Å². The Labute approximate surface area is 109 Å². The molecule has 2 rings (SSSR count). The average Bonchev–Trinajstić information content (AvgIpc) is 3.19. The van der Waals surface area contributed by atoms with E-state index in [0.29, 0.717) is 0 Å². The average molecular weight is 267 g/mol. The van der Waals surface area contributed by atoms with E-state index in [1.165, 1.54) is 12.1 Å². The van der Waals surface area contributed by atoms with Crippen molar-refractivity contribution in [3.8, 4) is 5.75 Å². The van der Waals surface area contributed by atoms with Crippen LogP contribution in [0.2, 0.25) is 0 Å². The van der Waals surface area contributed by atoms with Crippen LogP contribution in [-0.4, -0.2) is 41.6 Å². The molecule has 0 aliphatic heterocycles. The molecule has 1 aliphatic carbocycles. The first-order valence-electron chi connectivity index (χ1n) is 5.91. The molecule has 6 heteroatoms. The van der Waals surface area contributed by atoms with Gasteiger partial charge in [0.15, 0.2) is 18.2 Å². The van der Waals surface area contributed by atoms with Gasteiger partial charge in [-0.2, -0.15) is 0 Å². The summed E-state index contributed by atoms with van der Waals surface area (Å²) in [4.78, 5) is 24.2. The van der Waals surface area contributed by atoms with Gasteiger partial charge in [-0.15, -0.1) is 0 Å². The molecule has 0 radical (unpaired) electrons. The lowest BCUT2D eigenvalue weighted by Gasteiger charge is -2.17. The fraction of sp³-hybridized carbons (Fsp3) is 0.385. The maximum Gasteiger partial charge on any atom is 0.339 e. The number of likely N-dealkylation sites (N-methyl/N-ethyl adjacent to an activating group) is 1. The number of benzene rings is 1. The first-order chi connectivity index (χ1) is 9.00. The fourth-order valence-corrected chi connectivity index (χ4v) is 1.73. The van der Waals surface area contributed by atoms with Gasteiger partial charge < -0.3 is 14.7 Å². The third-order valence-corrected chi connectivity index (χ3v) is 3.03. The van der Waals surface area contributed by atoms with E-state index in [9.17, 15) is 14.0 Å². The van der Waals surface area contributed by atoms with Gasteiger partial charge in [0.25, 0.3) is 5.91 Å². The van der Waals surface area contributed by atoms with Crippen LogP contribution in [0.3, 0.4) is 0 Å². The van der Waals surface area contributed by atoms with Crippen LogP contribution in [0.1, 0.15) is 23.2 Å². The lowest BCUT2D eigenvalue weighted by atomic mass is 10.2. The van der Waals surface area contributed by atoms with Crippen LogP contribution in [-0.2, 0) is 4.79 Å². The molecule has 1 aromatic carbocycles. The second-order valence-electron chi connectivity index (χ2n) is 4.45. The van der Waals surface area contributed by atoms with Crippen molar-refractivity contribution in [2.75, 3.05) is 13.7 Å². The number of nitrogens with zero attached hydrogens (tertiary/aromatic N) is 1. The molecular weight excluding hydrogens is 253 g/mol. The molecular formula is C13H14FNO4. The highest BCUT2D eigenvalue weighted by Crippen LogP contribution is 2.26. The quantitative estimate of drug-likeness (QED) is 0.878. The van der Waals surface area contributed by atoms with Crippen molar-refractivity contribution in [2.45, 2.75) is 18.9 Å². The number of carboxylic acids is 1. The molecule has 1 saturated carbocycles. The Morgan fingerprint density at radius 3 is 2.74 bits per heavy atom. The van der Waals surface area contributed by atoms with Gasteiger partial charge >= 0.3 is 5.97 Å². The van der Waals surface area contributed by atoms with Crippen LogP contribution in [0, 0.1) is 5.82 Å². The number of halogens is 1. The van der Waals surface area contributed by atoms with Crippen LogP contribution in [0.15, 0.2) is 18.2 Å². The number of carboxylic acid groups (broad SMARTS) is 1. The van der Waals surface area contributed by atoms with E-state index in [1.54, 1.807) is 11.9 Å². The second kappa shape index (κ2) is 5.26. The summed E-state index contributed by atoms with van der Waals surface area (Å²) in [6.45, 7) is -0.367.